The normalized spacial score (nSPS) is 11.6. The molecule has 5 aromatic rings. The second-order valence-electron chi connectivity index (χ2n) is 9.28. The van der Waals surface area contributed by atoms with E-state index in [1.165, 1.54) is 33.8 Å². The predicted octanol–water partition coefficient (Wildman–Crippen LogP) is 5.00. The van der Waals surface area contributed by atoms with Gasteiger partial charge in [-0.15, -0.1) is 5.10 Å². The maximum Gasteiger partial charge on any atom is 0.251 e. The van der Waals surface area contributed by atoms with Gasteiger partial charge in [0.05, 0.1) is 19.7 Å². The first kappa shape index (κ1) is 27.3. The molecule has 1 heterocycles. The van der Waals surface area contributed by atoms with Crippen LogP contribution in [0.15, 0.2) is 97.1 Å². The first-order chi connectivity index (χ1) is 19.9. The molecule has 1 atom stereocenters. The Bertz CT molecular complexity index is 1640. The molecule has 9 nitrogen and oxygen atoms in total. The van der Waals surface area contributed by atoms with Gasteiger partial charge in [0.15, 0.2) is 0 Å². The number of aromatic nitrogens is 3. The average molecular weight is 554 g/mol. The summed E-state index contributed by atoms with van der Waals surface area (Å²) in [7, 11) is 3.13. The molecule has 0 aliphatic carbocycles. The van der Waals surface area contributed by atoms with Gasteiger partial charge in [0.1, 0.15) is 35.4 Å². The summed E-state index contributed by atoms with van der Waals surface area (Å²) in [6, 6.07) is 25.8. The number of benzene rings is 4. The Kier molecular flexibility index (Phi) is 8.19. The van der Waals surface area contributed by atoms with Crippen LogP contribution < -0.4 is 14.8 Å². The number of fused-ring (bicyclic) bond motifs is 1. The maximum atomic E-state index is 14.0. The van der Waals surface area contributed by atoms with Gasteiger partial charge in [0.25, 0.3) is 5.91 Å². The quantitative estimate of drug-likeness (QED) is 0.262. The van der Waals surface area contributed by atoms with Crippen molar-refractivity contribution >= 4 is 28.5 Å². The first-order valence-electron chi connectivity index (χ1n) is 12.9. The number of anilines is 1. The predicted molar refractivity (Wildman–Crippen MR) is 152 cm³/mol. The standard InChI is InChI=1S/C31H28FN5O4/c1-40-25-15-7-21(8-16-25)19-36(29(38)20-37-28-6-4-3-5-27(28)34-35-37)30(22-9-11-23(32)12-10-22)31(39)33-24-13-17-26(41-2)18-14-24/h3-18,30H,19-20H2,1-2H3,(H,33,39)/t30-/m0/s1. The zero-order chi connectivity index (χ0) is 28.8. The van der Waals surface area contributed by atoms with Crippen molar-refractivity contribution in [2.24, 2.45) is 0 Å². The van der Waals surface area contributed by atoms with Crippen LogP contribution in [0.2, 0.25) is 0 Å². The van der Waals surface area contributed by atoms with Crippen molar-refractivity contribution in [2.45, 2.75) is 19.1 Å². The van der Waals surface area contributed by atoms with E-state index in [4.69, 9.17) is 9.47 Å². The summed E-state index contributed by atoms with van der Waals surface area (Å²) in [5.74, 6) is -0.00422. The molecule has 0 aliphatic heterocycles. The third kappa shape index (κ3) is 6.33. The van der Waals surface area contributed by atoms with E-state index in [0.717, 1.165) is 5.56 Å². The van der Waals surface area contributed by atoms with Crippen molar-refractivity contribution in [3.05, 3.63) is 114 Å². The Hall–Kier alpha value is -5.25. The lowest BCUT2D eigenvalue weighted by atomic mass is 10.0. The van der Waals surface area contributed by atoms with E-state index < -0.39 is 17.8 Å². The van der Waals surface area contributed by atoms with Crippen LogP contribution in [-0.2, 0) is 22.7 Å². The van der Waals surface area contributed by atoms with E-state index in [2.05, 4.69) is 15.6 Å². The molecular weight excluding hydrogens is 525 g/mol. The van der Waals surface area contributed by atoms with Crippen molar-refractivity contribution in [3.8, 4) is 11.5 Å². The molecule has 0 fully saturated rings. The van der Waals surface area contributed by atoms with E-state index in [-0.39, 0.29) is 19.0 Å². The molecule has 41 heavy (non-hydrogen) atoms. The van der Waals surface area contributed by atoms with Gasteiger partial charge in [0, 0.05) is 12.2 Å². The molecule has 0 spiro atoms. The molecule has 0 bridgehead atoms. The fourth-order valence-electron chi connectivity index (χ4n) is 4.51. The number of carbonyl (C=O) groups excluding carboxylic acids is 2. The van der Waals surface area contributed by atoms with Crippen LogP contribution in [0, 0.1) is 5.82 Å². The van der Waals surface area contributed by atoms with Crippen molar-refractivity contribution in [1.82, 2.24) is 19.9 Å². The monoisotopic (exact) mass is 553 g/mol. The maximum absolute atomic E-state index is 14.0. The number of hydrogen-bond donors (Lipinski definition) is 1. The average Bonchev–Trinajstić information content (AvgIpc) is 3.41. The summed E-state index contributed by atoms with van der Waals surface area (Å²) in [6.45, 7) is -0.0717. The first-order valence-corrected chi connectivity index (χ1v) is 12.9. The largest absolute Gasteiger partial charge is 0.497 e. The number of para-hydroxylation sites is 1. The zero-order valence-corrected chi connectivity index (χ0v) is 22.5. The van der Waals surface area contributed by atoms with E-state index >= 15 is 0 Å². The Morgan fingerprint density at radius 2 is 1.51 bits per heavy atom. The lowest BCUT2D eigenvalue weighted by Gasteiger charge is -2.31. The minimum Gasteiger partial charge on any atom is -0.497 e. The second-order valence-corrected chi connectivity index (χ2v) is 9.28. The van der Waals surface area contributed by atoms with Crippen LogP contribution in [0.1, 0.15) is 17.2 Å². The number of halogens is 1. The number of nitrogens with one attached hydrogen (secondary N) is 1. The van der Waals surface area contributed by atoms with E-state index in [1.54, 1.807) is 50.6 Å². The van der Waals surface area contributed by atoms with Gasteiger partial charge in [-0.05, 0) is 71.8 Å². The second kappa shape index (κ2) is 12.3. The van der Waals surface area contributed by atoms with Gasteiger partial charge in [0.2, 0.25) is 5.91 Å². The Labute approximate surface area is 236 Å². The number of nitrogens with zero attached hydrogens (tertiary/aromatic N) is 4. The molecule has 208 valence electrons. The number of hydrogen-bond acceptors (Lipinski definition) is 6. The lowest BCUT2D eigenvalue weighted by Crippen LogP contribution is -2.42. The molecule has 0 saturated heterocycles. The van der Waals surface area contributed by atoms with Crippen LogP contribution in [0.5, 0.6) is 11.5 Å². The summed E-state index contributed by atoms with van der Waals surface area (Å²) in [5.41, 5.74) is 3.07. The molecule has 2 amide bonds. The Morgan fingerprint density at radius 1 is 0.878 bits per heavy atom. The molecule has 0 unspecified atom stereocenters. The highest BCUT2D eigenvalue weighted by Crippen LogP contribution is 2.28. The fraction of sp³-hybridized carbons (Fsp3) is 0.161. The molecule has 10 heteroatoms. The molecule has 1 aromatic heterocycles. The molecule has 0 saturated carbocycles. The number of ether oxygens (including phenoxy) is 2. The van der Waals surface area contributed by atoms with E-state index in [0.29, 0.717) is 33.8 Å². The van der Waals surface area contributed by atoms with Crippen LogP contribution in [0.25, 0.3) is 11.0 Å². The SMILES string of the molecule is COc1ccc(CN(C(=O)Cn2nnc3ccccc32)[C@H](C(=O)Nc2ccc(OC)cc2)c2ccc(F)cc2)cc1. The topological polar surface area (TPSA) is 98.6 Å². The molecular formula is C31H28FN5O4. The number of amides is 2. The zero-order valence-electron chi connectivity index (χ0n) is 22.5. The van der Waals surface area contributed by atoms with Crippen molar-refractivity contribution in [2.75, 3.05) is 19.5 Å². The smallest absolute Gasteiger partial charge is 0.251 e. The summed E-state index contributed by atoms with van der Waals surface area (Å²) in [5, 5.41) is 11.2. The number of methoxy groups -OCH3 is 2. The van der Waals surface area contributed by atoms with Gasteiger partial charge in [-0.1, -0.05) is 41.6 Å². The van der Waals surface area contributed by atoms with Gasteiger partial charge < -0.3 is 19.7 Å². The highest BCUT2D eigenvalue weighted by molar-refractivity contribution is 5.98. The van der Waals surface area contributed by atoms with Crippen LogP contribution in [0.3, 0.4) is 0 Å². The van der Waals surface area contributed by atoms with Gasteiger partial charge >= 0.3 is 0 Å². The number of rotatable bonds is 10. The van der Waals surface area contributed by atoms with Gasteiger partial charge in [-0.3, -0.25) is 9.59 Å². The third-order valence-electron chi connectivity index (χ3n) is 6.64. The fourth-order valence-corrected chi connectivity index (χ4v) is 4.51. The van der Waals surface area contributed by atoms with Crippen LogP contribution in [0.4, 0.5) is 10.1 Å². The highest BCUT2D eigenvalue weighted by Gasteiger charge is 2.32. The summed E-state index contributed by atoms with van der Waals surface area (Å²) in [6.07, 6.45) is 0. The van der Waals surface area contributed by atoms with Crippen molar-refractivity contribution < 1.29 is 23.5 Å². The van der Waals surface area contributed by atoms with E-state index in [1.807, 2.05) is 36.4 Å². The third-order valence-corrected chi connectivity index (χ3v) is 6.64. The molecule has 0 radical (unpaired) electrons. The minimum absolute atomic E-state index is 0.0908. The van der Waals surface area contributed by atoms with Crippen LogP contribution in [-0.4, -0.2) is 45.9 Å². The number of carbonyl (C=O) groups is 2. The molecule has 5 rings (SSSR count). The van der Waals surface area contributed by atoms with Gasteiger partial charge in [-0.2, -0.15) is 0 Å². The minimum atomic E-state index is -1.10. The van der Waals surface area contributed by atoms with Gasteiger partial charge in [-0.25, -0.2) is 9.07 Å². The molecule has 4 aromatic carbocycles. The van der Waals surface area contributed by atoms with Crippen molar-refractivity contribution in [1.29, 1.82) is 0 Å². The van der Waals surface area contributed by atoms with Crippen molar-refractivity contribution in [3.63, 3.8) is 0 Å². The Balaban J connectivity index is 1.53. The summed E-state index contributed by atoms with van der Waals surface area (Å²) < 4.78 is 25.9. The highest BCUT2D eigenvalue weighted by atomic mass is 19.1. The van der Waals surface area contributed by atoms with Crippen LogP contribution >= 0.6 is 0 Å². The van der Waals surface area contributed by atoms with E-state index in [9.17, 15) is 14.0 Å². The molecule has 1 N–H and O–H groups in total. The Morgan fingerprint density at radius 3 is 2.17 bits per heavy atom. The summed E-state index contributed by atoms with van der Waals surface area (Å²) in [4.78, 5) is 29.4. The molecule has 0 aliphatic rings. The summed E-state index contributed by atoms with van der Waals surface area (Å²) >= 11 is 0. The lowest BCUT2D eigenvalue weighted by molar-refractivity contribution is -0.140.